The van der Waals surface area contributed by atoms with E-state index in [9.17, 15) is 9.59 Å². The molecule has 1 aromatic carbocycles. The number of rotatable bonds is 7. The number of ether oxygens (including phenoxy) is 3. The summed E-state index contributed by atoms with van der Waals surface area (Å²) in [5, 5.41) is 0. The lowest BCUT2D eigenvalue weighted by Gasteiger charge is -2.06. The van der Waals surface area contributed by atoms with Gasteiger partial charge in [0.15, 0.2) is 12.4 Å². The average Bonchev–Trinajstić information content (AvgIpc) is 2.60. The van der Waals surface area contributed by atoms with Gasteiger partial charge < -0.3 is 14.2 Å². The van der Waals surface area contributed by atoms with Crippen LogP contribution in [0.3, 0.4) is 0 Å². The lowest BCUT2D eigenvalue weighted by atomic mass is 10.1. The van der Waals surface area contributed by atoms with Crippen molar-refractivity contribution in [3.05, 3.63) is 53.7 Å². The minimum absolute atomic E-state index is 0.255. The van der Waals surface area contributed by atoms with E-state index in [0.29, 0.717) is 23.8 Å². The molecule has 6 heteroatoms. The van der Waals surface area contributed by atoms with Crippen molar-refractivity contribution in [3.8, 4) is 11.6 Å². The first-order valence-electron chi connectivity index (χ1n) is 7.07. The highest BCUT2D eigenvalue weighted by atomic mass is 16.5. The zero-order valence-electron chi connectivity index (χ0n) is 12.9. The van der Waals surface area contributed by atoms with E-state index in [4.69, 9.17) is 14.2 Å². The number of hydrogen-bond acceptors (Lipinski definition) is 6. The number of carbonyl (C=O) groups excluding carboxylic acids is 2. The highest BCUT2D eigenvalue weighted by Crippen LogP contribution is 2.13. The van der Waals surface area contributed by atoms with Crippen molar-refractivity contribution in [3.63, 3.8) is 0 Å². The molecule has 0 saturated carbocycles. The highest BCUT2D eigenvalue weighted by Gasteiger charge is 2.12. The van der Waals surface area contributed by atoms with Crippen molar-refractivity contribution in [2.45, 2.75) is 6.92 Å². The van der Waals surface area contributed by atoms with Crippen molar-refractivity contribution in [1.82, 2.24) is 4.98 Å². The predicted molar refractivity (Wildman–Crippen MR) is 83.0 cm³/mol. The fourth-order valence-corrected chi connectivity index (χ4v) is 1.82. The molecule has 0 fully saturated rings. The zero-order chi connectivity index (χ0) is 16.7. The molecule has 120 valence electrons. The molecule has 0 radical (unpaired) electrons. The SMILES string of the molecule is CCOc1ccc(C(=O)COC(=O)c2ccc(OC)nc2)cc1. The second kappa shape index (κ2) is 7.93. The van der Waals surface area contributed by atoms with Crippen LogP contribution in [0, 0.1) is 0 Å². The number of hydrogen-bond donors (Lipinski definition) is 0. The molecular formula is C17H17NO5. The molecule has 0 N–H and O–H groups in total. The first-order chi connectivity index (χ1) is 11.1. The molecule has 1 aromatic heterocycles. The van der Waals surface area contributed by atoms with Crippen LogP contribution in [-0.2, 0) is 4.74 Å². The number of nitrogens with zero attached hydrogens (tertiary/aromatic N) is 1. The van der Waals surface area contributed by atoms with Crippen molar-refractivity contribution < 1.29 is 23.8 Å². The van der Waals surface area contributed by atoms with E-state index < -0.39 is 5.97 Å². The van der Waals surface area contributed by atoms with Crippen LogP contribution in [0.5, 0.6) is 11.6 Å². The Labute approximate surface area is 134 Å². The first kappa shape index (κ1) is 16.5. The van der Waals surface area contributed by atoms with Gasteiger partial charge in [-0.2, -0.15) is 0 Å². The molecule has 0 spiro atoms. The van der Waals surface area contributed by atoms with Crippen molar-refractivity contribution in [2.75, 3.05) is 20.3 Å². The van der Waals surface area contributed by atoms with Crippen LogP contribution in [-0.4, -0.2) is 37.1 Å². The molecule has 0 aliphatic carbocycles. The number of pyridine rings is 1. The normalized spacial score (nSPS) is 10.0. The van der Waals surface area contributed by atoms with Gasteiger partial charge in [-0.1, -0.05) is 0 Å². The molecule has 0 aliphatic rings. The molecular weight excluding hydrogens is 298 g/mol. The molecule has 0 bridgehead atoms. The topological polar surface area (TPSA) is 74.7 Å². The number of ketones is 1. The first-order valence-corrected chi connectivity index (χ1v) is 7.07. The van der Waals surface area contributed by atoms with Crippen LogP contribution < -0.4 is 9.47 Å². The smallest absolute Gasteiger partial charge is 0.340 e. The quantitative estimate of drug-likeness (QED) is 0.577. The summed E-state index contributed by atoms with van der Waals surface area (Å²) < 4.78 is 15.2. The fourth-order valence-electron chi connectivity index (χ4n) is 1.82. The molecule has 0 amide bonds. The summed E-state index contributed by atoms with van der Waals surface area (Å²) in [5.74, 6) is 0.180. The van der Waals surface area contributed by atoms with Crippen molar-refractivity contribution in [2.24, 2.45) is 0 Å². The second-order valence-electron chi connectivity index (χ2n) is 4.55. The Hall–Kier alpha value is -2.89. The number of esters is 1. The number of carbonyl (C=O) groups is 2. The van der Waals surface area contributed by atoms with Crippen LogP contribution >= 0.6 is 0 Å². The van der Waals surface area contributed by atoms with Gasteiger partial charge in [-0.15, -0.1) is 0 Å². The van der Waals surface area contributed by atoms with E-state index in [1.807, 2.05) is 6.92 Å². The summed E-state index contributed by atoms with van der Waals surface area (Å²) in [5.41, 5.74) is 0.708. The minimum atomic E-state index is -0.612. The summed E-state index contributed by atoms with van der Waals surface area (Å²) in [6, 6.07) is 9.74. The van der Waals surface area contributed by atoms with Gasteiger partial charge in [-0.3, -0.25) is 4.79 Å². The van der Waals surface area contributed by atoms with Crippen LogP contribution in [0.1, 0.15) is 27.6 Å². The minimum Gasteiger partial charge on any atom is -0.494 e. The van der Waals surface area contributed by atoms with Crippen molar-refractivity contribution in [1.29, 1.82) is 0 Å². The van der Waals surface area contributed by atoms with Crippen molar-refractivity contribution >= 4 is 11.8 Å². The fraction of sp³-hybridized carbons (Fsp3) is 0.235. The molecule has 0 aliphatic heterocycles. The zero-order valence-corrected chi connectivity index (χ0v) is 12.9. The van der Waals surface area contributed by atoms with Gasteiger partial charge >= 0.3 is 5.97 Å². The molecule has 0 saturated heterocycles. The Kier molecular flexibility index (Phi) is 5.68. The van der Waals surface area contributed by atoms with E-state index in [2.05, 4.69) is 4.98 Å². The Balaban J connectivity index is 1.91. The average molecular weight is 315 g/mol. The Morgan fingerprint density at radius 3 is 2.30 bits per heavy atom. The molecule has 1 heterocycles. The maximum absolute atomic E-state index is 12.0. The summed E-state index contributed by atoms with van der Waals surface area (Å²) in [4.78, 5) is 27.7. The van der Waals surface area contributed by atoms with Gasteiger partial charge in [0.25, 0.3) is 0 Å². The lowest BCUT2D eigenvalue weighted by molar-refractivity contribution is 0.0474. The maximum Gasteiger partial charge on any atom is 0.340 e. The number of benzene rings is 1. The van der Waals surface area contributed by atoms with Crippen LogP contribution in [0.25, 0.3) is 0 Å². The van der Waals surface area contributed by atoms with Gasteiger partial charge in [-0.25, -0.2) is 9.78 Å². The predicted octanol–water partition coefficient (Wildman–Crippen LogP) is 2.53. The van der Waals surface area contributed by atoms with E-state index in [1.54, 1.807) is 30.3 Å². The molecule has 23 heavy (non-hydrogen) atoms. The maximum atomic E-state index is 12.0. The molecule has 6 nitrogen and oxygen atoms in total. The largest absolute Gasteiger partial charge is 0.494 e. The standard InChI is InChI=1S/C17H17NO5/c1-3-22-14-7-4-12(5-8-14)15(19)11-23-17(20)13-6-9-16(21-2)18-10-13/h4-10H,3,11H2,1-2H3. The number of Topliss-reactive ketones (excluding diaryl/α,β-unsaturated/α-hetero) is 1. The van der Waals surface area contributed by atoms with Gasteiger partial charge in [0, 0.05) is 17.8 Å². The lowest BCUT2D eigenvalue weighted by Crippen LogP contribution is -2.14. The summed E-state index contributed by atoms with van der Waals surface area (Å²) in [7, 11) is 1.48. The third-order valence-corrected chi connectivity index (χ3v) is 3.00. The third-order valence-electron chi connectivity index (χ3n) is 3.00. The van der Waals surface area contributed by atoms with E-state index in [-0.39, 0.29) is 18.0 Å². The van der Waals surface area contributed by atoms with E-state index >= 15 is 0 Å². The number of aromatic nitrogens is 1. The van der Waals surface area contributed by atoms with Crippen LogP contribution in [0.4, 0.5) is 0 Å². The van der Waals surface area contributed by atoms with Gasteiger partial charge in [0.1, 0.15) is 5.75 Å². The highest BCUT2D eigenvalue weighted by molar-refractivity contribution is 5.99. The summed E-state index contributed by atoms with van der Waals surface area (Å²) >= 11 is 0. The van der Waals surface area contributed by atoms with Gasteiger partial charge in [0.2, 0.25) is 5.88 Å². The monoisotopic (exact) mass is 315 g/mol. The third kappa shape index (κ3) is 4.54. The van der Waals surface area contributed by atoms with E-state index in [0.717, 1.165) is 0 Å². The molecule has 0 unspecified atom stereocenters. The Morgan fingerprint density at radius 1 is 1.04 bits per heavy atom. The second-order valence-corrected chi connectivity index (χ2v) is 4.55. The van der Waals surface area contributed by atoms with Gasteiger partial charge in [0.05, 0.1) is 19.3 Å². The summed E-state index contributed by atoms with van der Waals surface area (Å²) in [6.07, 6.45) is 1.34. The molecule has 0 atom stereocenters. The summed E-state index contributed by atoms with van der Waals surface area (Å²) in [6.45, 7) is 2.10. The van der Waals surface area contributed by atoms with E-state index in [1.165, 1.54) is 19.4 Å². The van der Waals surface area contributed by atoms with Crippen LogP contribution in [0.2, 0.25) is 0 Å². The Bertz CT molecular complexity index is 664. The Morgan fingerprint density at radius 2 is 1.74 bits per heavy atom. The van der Waals surface area contributed by atoms with Gasteiger partial charge in [-0.05, 0) is 37.3 Å². The molecule has 2 rings (SSSR count). The van der Waals surface area contributed by atoms with Crippen LogP contribution in [0.15, 0.2) is 42.6 Å². The molecule has 2 aromatic rings. The number of methoxy groups -OCH3 is 1.